The second kappa shape index (κ2) is 6.98. The summed E-state index contributed by atoms with van der Waals surface area (Å²) >= 11 is 1.34. The molecule has 0 radical (unpaired) electrons. The van der Waals surface area contributed by atoms with E-state index in [0.29, 0.717) is 18.3 Å². The van der Waals surface area contributed by atoms with E-state index in [9.17, 15) is 9.59 Å². The van der Waals surface area contributed by atoms with Gasteiger partial charge in [0.15, 0.2) is 5.13 Å². The summed E-state index contributed by atoms with van der Waals surface area (Å²) in [6, 6.07) is 6.10. The first-order chi connectivity index (χ1) is 11.6. The zero-order chi connectivity index (χ0) is 17.1. The molecular weight excluding hydrogens is 330 g/mol. The molecule has 1 aromatic heterocycles. The van der Waals surface area contributed by atoms with Crippen LogP contribution in [0, 0.1) is 0 Å². The number of fused-ring (bicyclic) bond motifs is 1. The van der Waals surface area contributed by atoms with Gasteiger partial charge in [0.2, 0.25) is 5.91 Å². The van der Waals surface area contributed by atoms with Gasteiger partial charge >= 0.3 is 6.09 Å². The summed E-state index contributed by atoms with van der Waals surface area (Å²) in [4.78, 5) is 28.8. The zero-order valence-electron chi connectivity index (χ0n) is 13.4. The van der Waals surface area contributed by atoms with Gasteiger partial charge in [0.1, 0.15) is 6.54 Å². The molecule has 24 heavy (non-hydrogen) atoms. The summed E-state index contributed by atoms with van der Waals surface area (Å²) in [7, 11) is 2.76. The van der Waals surface area contributed by atoms with E-state index in [-0.39, 0.29) is 12.5 Å². The van der Waals surface area contributed by atoms with Gasteiger partial charge < -0.3 is 19.7 Å². The fraction of sp³-hybridized carbons (Fsp3) is 0.312. The third kappa shape index (κ3) is 3.55. The van der Waals surface area contributed by atoms with Crippen molar-refractivity contribution in [2.24, 2.45) is 0 Å². The average Bonchev–Trinajstić information content (AvgIpc) is 3.21. The molecule has 0 saturated heterocycles. The summed E-state index contributed by atoms with van der Waals surface area (Å²) in [5, 5.41) is 5.07. The first-order valence-electron chi connectivity index (χ1n) is 7.31. The van der Waals surface area contributed by atoms with Crippen LogP contribution in [0.25, 0.3) is 11.3 Å². The number of nitrogens with zero attached hydrogens (tertiary/aromatic N) is 2. The molecule has 2 heterocycles. The maximum Gasteiger partial charge on any atom is 0.409 e. The number of ether oxygens (including phenoxy) is 2. The van der Waals surface area contributed by atoms with Crippen molar-refractivity contribution >= 4 is 28.5 Å². The Morgan fingerprint density at radius 2 is 2.17 bits per heavy atom. The molecule has 0 saturated carbocycles. The molecule has 2 aromatic rings. The van der Waals surface area contributed by atoms with Gasteiger partial charge in [-0.1, -0.05) is 12.1 Å². The zero-order valence-corrected chi connectivity index (χ0v) is 14.2. The maximum absolute atomic E-state index is 11.9. The molecule has 0 bridgehead atoms. The smallest absolute Gasteiger partial charge is 0.409 e. The fourth-order valence-electron chi connectivity index (χ4n) is 2.39. The number of amides is 2. The van der Waals surface area contributed by atoms with E-state index < -0.39 is 6.09 Å². The van der Waals surface area contributed by atoms with Crippen molar-refractivity contribution in [3.8, 4) is 11.3 Å². The quantitative estimate of drug-likeness (QED) is 0.919. The van der Waals surface area contributed by atoms with Crippen molar-refractivity contribution in [3.63, 3.8) is 0 Å². The van der Waals surface area contributed by atoms with Gasteiger partial charge in [-0.15, -0.1) is 11.3 Å². The van der Waals surface area contributed by atoms with Crippen molar-refractivity contribution in [1.29, 1.82) is 0 Å². The molecule has 126 valence electrons. The van der Waals surface area contributed by atoms with Gasteiger partial charge in [-0.3, -0.25) is 4.79 Å². The Morgan fingerprint density at radius 3 is 2.96 bits per heavy atom. The van der Waals surface area contributed by atoms with Crippen molar-refractivity contribution < 1.29 is 19.1 Å². The van der Waals surface area contributed by atoms with Crippen molar-refractivity contribution in [1.82, 2.24) is 9.88 Å². The summed E-state index contributed by atoms with van der Waals surface area (Å²) < 4.78 is 9.96. The second-order valence-electron chi connectivity index (χ2n) is 5.39. The van der Waals surface area contributed by atoms with Gasteiger partial charge in [-0.05, 0) is 17.2 Å². The number of hydrogen-bond donors (Lipinski definition) is 1. The molecular formula is C16H17N3O4S. The minimum Gasteiger partial charge on any atom is -0.453 e. The van der Waals surface area contributed by atoms with Gasteiger partial charge in [0, 0.05) is 18.0 Å². The normalized spacial score (nSPS) is 12.6. The Kier molecular flexibility index (Phi) is 4.77. The first kappa shape index (κ1) is 16.4. The molecule has 1 N–H and O–H groups in total. The molecule has 7 nitrogen and oxygen atoms in total. The van der Waals surface area contributed by atoms with Crippen LogP contribution in [0.1, 0.15) is 11.1 Å². The number of aromatic nitrogens is 1. The Labute approximate surface area is 143 Å². The number of benzene rings is 1. The number of carbonyl (C=O) groups excluding carboxylic acids is 2. The number of rotatable bonds is 4. The van der Waals surface area contributed by atoms with Gasteiger partial charge in [0.05, 0.1) is 26.0 Å². The van der Waals surface area contributed by atoms with E-state index in [2.05, 4.69) is 21.1 Å². The van der Waals surface area contributed by atoms with E-state index in [1.165, 1.54) is 41.5 Å². The highest BCUT2D eigenvalue weighted by Gasteiger charge is 2.16. The van der Waals surface area contributed by atoms with Gasteiger partial charge in [-0.25, -0.2) is 9.78 Å². The molecule has 8 heteroatoms. The lowest BCUT2D eigenvalue weighted by atomic mass is 10.1. The van der Waals surface area contributed by atoms with Crippen molar-refractivity contribution in [2.45, 2.75) is 13.2 Å². The summed E-state index contributed by atoms with van der Waals surface area (Å²) in [5.41, 5.74) is 4.16. The SMILES string of the molecule is COC(=O)N(C)CC(=O)Nc1nc(-c2ccc3c(c2)COC3)cs1. The Hall–Kier alpha value is -2.45. The molecule has 0 spiro atoms. The standard InChI is InChI=1S/C16H17N3O4S/c1-19(16(21)22-2)6-14(20)18-15-17-13(9-24-15)10-3-4-11-7-23-8-12(11)5-10/h3-5,9H,6-8H2,1-2H3,(H,17,18,20). The highest BCUT2D eigenvalue weighted by molar-refractivity contribution is 7.14. The van der Waals surface area contributed by atoms with Crippen molar-refractivity contribution in [3.05, 3.63) is 34.7 Å². The molecule has 1 aromatic carbocycles. The lowest BCUT2D eigenvalue weighted by Gasteiger charge is -2.13. The van der Waals surface area contributed by atoms with Crippen LogP contribution in [-0.2, 0) is 27.5 Å². The third-order valence-corrected chi connectivity index (χ3v) is 4.39. The monoisotopic (exact) mass is 347 g/mol. The number of nitrogens with one attached hydrogen (secondary N) is 1. The molecule has 0 unspecified atom stereocenters. The lowest BCUT2D eigenvalue weighted by Crippen LogP contribution is -2.34. The van der Waals surface area contributed by atoms with E-state index in [0.717, 1.165) is 11.3 Å². The molecule has 1 aliphatic rings. The van der Waals surface area contributed by atoms with E-state index >= 15 is 0 Å². The Balaban J connectivity index is 1.65. The van der Waals surface area contributed by atoms with Gasteiger partial charge in [-0.2, -0.15) is 0 Å². The molecule has 3 rings (SSSR count). The van der Waals surface area contributed by atoms with Crippen LogP contribution in [0.15, 0.2) is 23.6 Å². The Bertz CT molecular complexity index is 774. The van der Waals surface area contributed by atoms with Crippen LogP contribution in [0.2, 0.25) is 0 Å². The number of methoxy groups -OCH3 is 1. The molecule has 0 atom stereocenters. The maximum atomic E-state index is 11.9. The Morgan fingerprint density at radius 1 is 1.38 bits per heavy atom. The largest absolute Gasteiger partial charge is 0.453 e. The third-order valence-electron chi connectivity index (χ3n) is 3.63. The van der Waals surface area contributed by atoms with Crippen LogP contribution in [-0.4, -0.2) is 42.6 Å². The molecule has 1 aliphatic heterocycles. The highest BCUT2D eigenvalue weighted by Crippen LogP contribution is 2.29. The number of carbonyl (C=O) groups is 2. The van der Waals surface area contributed by atoms with Crippen molar-refractivity contribution in [2.75, 3.05) is 26.0 Å². The topological polar surface area (TPSA) is 80.8 Å². The predicted octanol–water partition coefficient (Wildman–Crippen LogP) is 2.48. The minimum atomic E-state index is -0.565. The summed E-state index contributed by atoms with van der Waals surface area (Å²) in [5.74, 6) is -0.328. The highest BCUT2D eigenvalue weighted by atomic mass is 32.1. The average molecular weight is 347 g/mol. The van der Waals surface area contributed by atoms with E-state index in [1.54, 1.807) is 0 Å². The predicted molar refractivity (Wildman–Crippen MR) is 89.7 cm³/mol. The van der Waals surface area contributed by atoms with Crippen LogP contribution in [0.4, 0.5) is 9.93 Å². The first-order valence-corrected chi connectivity index (χ1v) is 8.19. The minimum absolute atomic E-state index is 0.0994. The van der Waals surface area contributed by atoms with Crippen LogP contribution >= 0.6 is 11.3 Å². The number of thiazole rings is 1. The lowest BCUT2D eigenvalue weighted by molar-refractivity contribution is -0.116. The fourth-order valence-corrected chi connectivity index (χ4v) is 3.13. The number of likely N-dealkylation sites (N-methyl/N-ethyl adjacent to an activating group) is 1. The summed E-state index contributed by atoms with van der Waals surface area (Å²) in [6.45, 7) is 1.18. The number of anilines is 1. The molecule has 2 amide bonds. The van der Waals surface area contributed by atoms with E-state index in [1.807, 2.05) is 17.5 Å². The van der Waals surface area contributed by atoms with Crippen LogP contribution in [0.3, 0.4) is 0 Å². The second-order valence-corrected chi connectivity index (χ2v) is 6.25. The van der Waals surface area contributed by atoms with Crippen LogP contribution in [0.5, 0.6) is 0 Å². The summed E-state index contributed by atoms with van der Waals surface area (Å²) in [6.07, 6.45) is -0.565. The van der Waals surface area contributed by atoms with E-state index in [4.69, 9.17) is 4.74 Å². The molecule has 0 aliphatic carbocycles. The van der Waals surface area contributed by atoms with Gasteiger partial charge in [0.25, 0.3) is 0 Å². The number of hydrogen-bond acceptors (Lipinski definition) is 6. The van der Waals surface area contributed by atoms with Crippen LogP contribution < -0.4 is 5.32 Å². The molecule has 0 fully saturated rings.